The van der Waals surface area contributed by atoms with Gasteiger partial charge in [-0.3, -0.25) is 0 Å². The van der Waals surface area contributed by atoms with E-state index in [4.69, 9.17) is 4.98 Å². The number of nitrogens with zero attached hydrogens (tertiary/aromatic N) is 5. The van der Waals surface area contributed by atoms with Crippen LogP contribution in [0, 0.1) is 6.92 Å². The molecule has 0 amide bonds. The third-order valence-electron chi connectivity index (χ3n) is 4.77. The first-order chi connectivity index (χ1) is 12.8. The van der Waals surface area contributed by atoms with Crippen molar-refractivity contribution in [3.63, 3.8) is 0 Å². The van der Waals surface area contributed by atoms with E-state index in [9.17, 15) is 0 Å². The molecule has 4 heterocycles. The SMILES string of the molecule is Cc1cccnc1Nc1cccc(C2CCN(c3ncccn3)CC2)n1. The Bertz CT molecular complexity index is 859. The Kier molecular flexibility index (Phi) is 4.73. The lowest BCUT2D eigenvalue weighted by Gasteiger charge is -2.31. The van der Waals surface area contributed by atoms with Gasteiger partial charge in [0.2, 0.25) is 5.95 Å². The lowest BCUT2D eigenvalue weighted by Crippen LogP contribution is -2.34. The lowest BCUT2D eigenvalue weighted by atomic mass is 9.93. The highest BCUT2D eigenvalue weighted by Gasteiger charge is 2.23. The van der Waals surface area contributed by atoms with Crippen molar-refractivity contribution in [2.45, 2.75) is 25.7 Å². The van der Waals surface area contributed by atoms with Crippen molar-refractivity contribution in [2.24, 2.45) is 0 Å². The van der Waals surface area contributed by atoms with Crippen LogP contribution in [0.3, 0.4) is 0 Å². The highest BCUT2D eigenvalue weighted by atomic mass is 15.2. The van der Waals surface area contributed by atoms with E-state index in [1.807, 2.05) is 31.2 Å². The van der Waals surface area contributed by atoms with Gasteiger partial charge in [0.05, 0.1) is 0 Å². The average molecular weight is 346 g/mol. The van der Waals surface area contributed by atoms with Crippen molar-refractivity contribution in [3.8, 4) is 0 Å². The van der Waals surface area contributed by atoms with Gasteiger partial charge in [0.15, 0.2) is 0 Å². The van der Waals surface area contributed by atoms with Gasteiger partial charge in [0, 0.05) is 43.3 Å². The van der Waals surface area contributed by atoms with Gasteiger partial charge < -0.3 is 10.2 Å². The number of piperidine rings is 1. The van der Waals surface area contributed by atoms with Gasteiger partial charge in [-0.25, -0.2) is 19.9 Å². The van der Waals surface area contributed by atoms with E-state index in [-0.39, 0.29) is 0 Å². The molecule has 3 aromatic heterocycles. The third kappa shape index (κ3) is 3.64. The summed E-state index contributed by atoms with van der Waals surface area (Å²) >= 11 is 0. The van der Waals surface area contributed by atoms with Crippen LogP contribution in [-0.2, 0) is 0 Å². The molecule has 0 atom stereocenters. The molecule has 6 heteroatoms. The molecule has 4 rings (SSSR count). The van der Waals surface area contributed by atoms with Crippen LogP contribution in [-0.4, -0.2) is 33.0 Å². The molecule has 3 aromatic rings. The highest BCUT2D eigenvalue weighted by Crippen LogP contribution is 2.29. The minimum atomic E-state index is 0.460. The zero-order valence-corrected chi connectivity index (χ0v) is 14.8. The summed E-state index contributed by atoms with van der Waals surface area (Å²) in [6.45, 7) is 3.95. The Morgan fingerprint density at radius 3 is 2.46 bits per heavy atom. The fraction of sp³-hybridized carbons (Fsp3) is 0.300. The molecule has 0 aliphatic carbocycles. The summed E-state index contributed by atoms with van der Waals surface area (Å²) in [6.07, 6.45) is 7.49. The van der Waals surface area contributed by atoms with Crippen LogP contribution in [0.15, 0.2) is 55.0 Å². The first-order valence-corrected chi connectivity index (χ1v) is 8.97. The number of hydrogen-bond acceptors (Lipinski definition) is 6. The molecule has 0 unspecified atom stereocenters. The molecule has 6 nitrogen and oxygen atoms in total. The Morgan fingerprint density at radius 2 is 1.69 bits per heavy atom. The predicted octanol–water partition coefficient (Wildman–Crippen LogP) is 3.70. The molecule has 1 aliphatic heterocycles. The molecule has 0 aromatic carbocycles. The minimum Gasteiger partial charge on any atom is -0.341 e. The van der Waals surface area contributed by atoms with Crippen LogP contribution in [0.5, 0.6) is 0 Å². The van der Waals surface area contributed by atoms with E-state index in [2.05, 4.69) is 37.3 Å². The van der Waals surface area contributed by atoms with E-state index >= 15 is 0 Å². The quantitative estimate of drug-likeness (QED) is 0.777. The Hall–Kier alpha value is -3.02. The van der Waals surface area contributed by atoms with Crippen molar-refractivity contribution in [1.29, 1.82) is 0 Å². The molecule has 0 radical (unpaired) electrons. The van der Waals surface area contributed by atoms with E-state index in [1.165, 1.54) is 0 Å². The van der Waals surface area contributed by atoms with Gasteiger partial charge >= 0.3 is 0 Å². The van der Waals surface area contributed by atoms with Crippen LogP contribution >= 0.6 is 0 Å². The summed E-state index contributed by atoms with van der Waals surface area (Å²) in [5.74, 6) is 2.98. The van der Waals surface area contributed by atoms with Crippen molar-refractivity contribution < 1.29 is 0 Å². The Balaban J connectivity index is 1.44. The summed E-state index contributed by atoms with van der Waals surface area (Å²) in [6, 6.07) is 12.0. The van der Waals surface area contributed by atoms with Gasteiger partial charge in [-0.05, 0) is 49.6 Å². The first kappa shape index (κ1) is 16.4. The zero-order chi connectivity index (χ0) is 17.8. The predicted molar refractivity (Wildman–Crippen MR) is 103 cm³/mol. The van der Waals surface area contributed by atoms with Crippen molar-refractivity contribution in [1.82, 2.24) is 19.9 Å². The standard InChI is InChI=1S/C20H22N6/c1-15-5-3-10-21-19(15)25-18-7-2-6-17(24-18)16-8-13-26(14-9-16)20-22-11-4-12-23-20/h2-7,10-12,16H,8-9,13-14H2,1H3,(H,21,24,25). The molecule has 1 N–H and O–H groups in total. The Morgan fingerprint density at radius 1 is 0.923 bits per heavy atom. The lowest BCUT2D eigenvalue weighted by molar-refractivity contribution is 0.491. The van der Waals surface area contributed by atoms with Crippen LogP contribution in [0.1, 0.15) is 30.0 Å². The number of aromatic nitrogens is 4. The largest absolute Gasteiger partial charge is 0.341 e. The molecule has 0 spiro atoms. The van der Waals surface area contributed by atoms with E-state index < -0.39 is 0 Å². The van der Waals surface area contributed by atoms with Crippen molar-refractivity contribution in [3.05, 3.63) is 66.2 Å². The van der Waals surface area contributed by atoms with Gasteiger partial charge in [-0.15, -0.1) is 0 Å². The molecular formula is C20H22N6. The van der Waals surface area contributed by atoms with E-state index in [0.717, 1.165) is 54.8 Å². The van der Waals surface area contributed by atoms with Crippen LogP contribution < -0.4 is 10.2 Å². The second kappa shape index (κ2) is 7.47. The molecule has 132 valence electrons. The van der Waals surface area contributed by atoms with Gasteiger partial charge in [0.1, 0.15) is 11.6 Å². The fourth-order valence-electron chi connectivity index (χ4n) is 3.32. The van der Waals surface area contributed by atoms with Gasteiger partial charge in [-0.1, -0.05) is 12.1 Å². The fourth-order valence-corrected chi connectivity index (χ4v) is 3.32. The number of hydrogen-bond donors (Lipinski definition) is 1. The molecule has 26 heavy (non-hydrogen) atoms. The van der Waals surface area contributed by atoms with E-state index in [0.29, 0.717) is 5.92 Å². The average Bonchev–Trinajstić information content (AvgIpc) is 2.71. The second-order valence-electron chi connectivity index (χ2n) is 6.55. The summed E-state index contributed by atoms with van der Waals surface area (Å²) in [5, 5.41) is 3.33. The molecule has 0 saturated carbocycles. The zero-order valence-electron chi connectivity index (χ0n) is 14.8. The number of pyridine rings is 2. The van der Waals surface area contributed by atoms with Crippen molar-refractivity contribution >= 4 is 17.6 Å². The van der Waals surface area contributed by atoms with Crippen LogP contribution in [0.4, 0.5) is 17.6 Å². The summed E-state index contributed by atoms with van der Waals surface area (Å²) in [4.78, 5) is 20.2. The molecule has 1 fully saturated rings. The normalized spacial score (nSPS) is 15.0. The second-order valence-corrected chi connectivity index (χ2v) is 6.55. The monoisotopic (exact) mass is 346 g/mol. The number of nitrogens with one attached hydrogen (secondary N) is 1. The first-order valence-electron chi connectivity index (χ1n) is 8.97. The smallest absolute Gasteiger partial charge is 0.225 e. The number of aryl methyl sites for hydroxylation is 1. The molecule has 1 saturated heterocycles. The molecule has 0 bridgehead atoms. The maximum Gasteiger partial charge on any atom is 0.225 e. The van der Waals surface area contributed by atoms with Gasteiger partial charge in [-0.2, -0.15) is 0 Å². The molecular weight excluding hydrogens is 324 g/mol. The highest BCUT2D eigenvalue weighted by molar-refractivity contribution is 5.55. The minimum absolute atomic E-state index is 0.460. The maximum atomic E-state index is 4.83. The van der Waals surface area contributed by atoms with Gasteiger partial charge in [0.25, 0.3) is 0 Å². The summed E-state index contributed by atoms with van der Waals surface area (Å²) in [7, 11) is 0. The third-order valence-corrected chi connectivity index (χ3v) is 4.77. The summed E-state index contributed by atoms with van der Waals surface area (Å²) < 4.78 is 0. The van der Waals surface area contributed by atoms with Crippen LogP contribution in [0.25, 0.3) is 0 Å². The topological polar surface area (TPSA) is 66.8 Å². The number of anilines is 3. The Labute approximate surface area is 153 Å². The van der Waals surface area contributed by atoms with E-state index in [1.54, 1.807) is 18.6 Å². The number of rotatable bonds is 4. The molecule has 1 aliphatic rings. The van der Waals surface area contributed by atoms with Crippen LogP contribution in [0.2, 0.25) is 0 Å². The van der Waals surface area contributed by atoms with Crippen molar-refractivity contribution in [2.75, 3.05) is 23.3 Å². The maximum absolute atomic E-state index is 4.83. The summed E-state index contributed by atoms with van der Waals surface area (Å²) in [5.41, 5.74) is 2.24.